The maximum Gasteiger partial charge on any atom is 0.176 e. The van der Waals surface area contributed by atoms with Crippen molar-refractivity contribution >= 4 is 29.1 Å². The van der Waals surface area contributed by atoms with E-state index in [1.165, 1.54) is 18.6 Å². The second-order valence-corrected chi connectivity index (χ2v) is 5.28. The molecular weight excluding hydrogens is 278 g/mol. The van der Waals surface area contributed by atoms with Gasteiger partial charge in [-0.3, -0.25) is 0 Å². The minimum absolute atomic E-state index is 0.0131. The maximum atomic E-state index is 13.5. The summed E-state index contributed by atoms with van der Waals surface area (Å²) >= 11 is 2.22. The van der Waals surface area contributed by atoms with Crippen LogP contribution in [0.15, 0.2) is 15.4 Å². The lowest BCUT2D eigenvalue weighted by molar-refractivity contribution is 0.551. The number of nitrogens with zero attached hydrogens (tertiary/aromatic N) is 3. The zero-order valence-corrected chi connectivity index (χ0v) is 11.3. The summed E-state index contributed by atoms with van der Waals surface area (Å²) in [6.45, 7) is 1.94. The summed E-state index contributed by atoms with van der Waals surface area (Å²) < 4.78 is 31.5. The van der Waals surface area contributed by atoms with Crippen LogP contribution in [0.5, 0.6) is 0 Å². The number of aromatic nitrogens is 3. The fourth-order valence-corrected chi connectivity index (χ4v) is 2.81. The number of anilines is 1. The van der Waals surface area contributed by atoms with Gasteiger partial charge in [0.2, 0.25) is 0 Å². The Kier molecular flexibility index (Phi) is 4.07. The molecule has 0 fully saturated rings. The van der Waals surface area contributed by atoms with Crippen molar-refractivity contribution in [3.8, 4) is 0 Å². The van der Waals surface area contributed by atoms with Gasteiger partial charge >= 0.3 is 0 Å². The Labute approximate surface area is 111 Å². The molecular formula is C10H10F2N4S2. The highest BCUT2D eigenvalue weighted by Crippen LogP contribution is 2.31. The first-order valence-corrected chi connectivity index (χ1v) is 6.77. The second kappa shape index (κ2) is 5.57. The third kappa shape index (κ3) is 2.75. The van der Waals surface area contributed by atoms with Crippen LogP contribution in [-0.2, 0) is 6.42 Å². The molecule has 0 unspecified atom stereocenters. The van der Waals surface area contributed by atoms with Crippen LogP contribution < -0.4 is 5.32 Å². The van der Waals surface area contributed by atoms with E-state index in [4.69, 9.17) is 0 Å². The van der Waals surface area contributed by atoms with Crippen LogP contribution in [0, 0.1) is 11.6 Å². The largest absolute Gasteiger partial charge is 0.371 e. The predicted octanol–water partition coefficient (Wildman–Crippen LogP) is 2.97. The molecule has 0 saturated heterocycles. The fraction of sp³-hybridized carbons (Fsp3) is 0.300. The van der Waals surface area contributed by atoms with Gasteiger partial charge in [-0.1, -0.05) is 6.92 Å². The number of aryl methyl sites for hydroxylation is 1. The summed E-state index contributed by atoms with van der Waals surface area (Å²) in [5.74, 6) is -0.700. The molecule has 0 aliphatic rings. The number of hydrogen-bond acceptors (Lipinski definition) is 6. The second-order valence-electron chi connectivity index (χ2n) is 3.29. The van der Waals surface area contributed by atoms with Crippen molar-refractivity contribution in [1.82, 2.24) is 14.3 Å². The van der Waals surface area contributed by atoms with Crippen molar-refractivity contribution in [3.63, 3.8) is 0 Å². The number of rotatable bonds is 4. The Morgan fingerprint density at radius 1 is 1.33 bits per heavy atom. The van der Waals surface area contributed by atoms with E-state index in [1.807, 2.05) is 6.92 Å². The van der Waals surface area contributed by atoms with Crippen LogP contribution in [0.3, 0.4) is 0 Å². The van der Waals surface area contributed by atoms with E-state index in [0.29, 0.717) is 10.2 Å². The molecule has 0 amide bonds. The molecule has 0 atom stereocenters. The van der Waals surface area contributed by atoms with E-state index in [1.54, 1.807) is 0 Å². The van der Waals surface area contributed by atoms with Gasteiger partial charge in [0, 0.05) is 19.5 Å². The van der Waals surface area contributed by atoms with Crippen LogP contribution in [0.2, 0.25) is 0 Å². The average Bonchev–Trinajstić information content (AvgIpc) is 2.80. The van der Waals surface area contributed by atoms with Gasteiger partial charge in [0.15, 0.2) is 21.8 Å². The smallest absolute Gasteiger partial charge is 0.176 e. The maximum absolute atomic E-state index is 13.5. The lowest BCUT2D eigenvalue weighted by atomic mass is 10.4. The summed E-state index contributed by atoms with van der Waals surface area (Å²) in [5, 5.41) is 2.65. The van der Waals surface area contributed by atoms with Crippen LogP contribution >= 0.6 is 23.3 Å². The molecule has 4 nitrogen and oxygen atoms in total. The molecule has 2 rings (SSSR count). The standard InChI is InChI=1S/C10H10F2N4S2/c1-3-7-14-10(18-16-7)17-9-6(12)4-5(11)8(13-2)15-9/h4H,3H2,1-2H3,(H,13,15). The van der Waals surface area contributed by atoms with E-state index < -0.39 is 11.6 Å². The van der Waals surface area contributed by atoms with Crippen LogP contribution in [0.1, 0.15) is 12.7 Å². The number of nitrogens with one attached hydrogen (secondary N) is 1. The quantitative estimate of drug-likeness (QED) is 0.937. The highest BCUT2D eigenvalue weighted by Gasteiger charge is 2.14. The molecule has 2 aromatic heterocycles. The van der Waals surface area contributed by atoms with Crippen LogP contribution in [0.4, 0.5) is 14.6 Å². The Morgan fingerprint density at radius 3 is 2.72 bits per heavy atom. The van der Waals surface area contributed by atoms with Gasteiger partial charge < -0.3 is 5.32 Å². The first-order valence-electron chi connectivity index (χ1n) is 5.18. The highest BCUT2D eigenvalue weighted by atomic mass is 32.2. The zero-order valence-electron chi connectivity index (χ0n) is 9.70. The van der Waals surface area contributed by atoms with Gasteiger partial charge in [-0.05, 0) is 23.3 Å². The minimum atomic E-state index is -0.717. The lowest BCUT2D eigenvalue weighted by Crippen LogP contribution is -1.99. The number of hydrogen-bond donors (Lipinski definition) is 1. The molecule has 8 heteroatoms. The van der Waals surface area contributed by atoms with Gasteiger partial charge in [-0.15, -0.1) is 0 Å². The van der Waals surface area contributed by atoms with Crippen LogP contribution in [0.25, 0.3) is 0 Å². The van der Waals surface area contributed by atoms with Crippen molar-refractivity contribution in [2.24, 2.45) is 0 Å². The van der Waals surface area contributed by atoms with E-state index >= 15 is 0 Å². The molecule has 0 aliphatic heterocycles. The van der Waals surface area contributed by atoms with Gasteiger partial charge in [-0.25, -0.2) is 18.7 Å². The first-order chi connectivity index (χ1) is 8.63. The van der Waals surface area contributed by atoms with Crippen molar-refractivity contribution in [3.05, 3.63) is 23.5 Å². The summed E-state index contributed by atoms with van der Waals surface area (Å²) in [6, 6.07) is 0.808. The van der Waals surface area contributed by atoms with Gasteiger partial charge in [0.25, 0.3) is 0 Å². The molecule has 18 heavy (non-hydrogen) atoms. The van der Waals surface area contributed by atoms with Gasteiger partial charge in [0.05, 0.1) is 0 Å². The molecule has 2 heterocycles. The minimum Gasteiger partial charge on any atom is -0.371 e. The Balaban J connectivity index is 2.28. The average molecular weight is 288 g/mol. The molecule has 0 radical (unpaired) electrons. The SMILES string of the molecule is CCc1nsc(Sc2nc(NC)c(F)cc2F)n1. The lowest BCUT2D eigenvalue weighted by Gasteiger charge is -2.04. The monoisotopic (exact) mass is 288 g/mol. The summed E-state index contributed by atoms with van der Waals surface area (Å²) in [4.78, 5) is 8.05. The Hall–Kier alpha value is -1.28. The van der Waals surface area contributed by atoms with E-state index in [2.05, 4.69) is 19.7 Å². The molecule has 2 aromatic rings. The molecule has 0 spiro atoms. The summed E-state index contributed by atoms with van der Waals surface area (Å²) in [7, 11) is 1.53. The molecule has 0 aromatic carbocycles. The summed E-state index contributed by atoms with van der Waals surface area (Å²) in [6.07, 6.45) is 0.720. The third-order valence-electron chi connectivity index (χ3n) is 2.08. The Bertz CT molecular complexity index is 559. The van der Waals surface area contributed by atoms with E-state index in [-0.39, 0.29) is 10.8 Å². The topological polar surface area (TPSA) is 50.7 Å². The summed E-state index contributed by atoms with van der Waals surface area (Å²) in [5.41, 5.74) is 0. The van der Waals surface area contributed by atoms with Gasteiger partial charge in [-0.2, -0.15) is 4.37 Å². The van der Waals surface area contributed by atoms with E-state index in [9.17, 15) is 8.78 Å². The van der Waals surface area contributed by atoms with Gasteiger partial charge in [0.1, 0.15) is 10.9 Å². The molecule has 0 bridgehead atoms. The number of halogens is 2. The van der Waals surface area contributed by atoms with Crippen molar-refractivity contribution < 1.29 is 8.78 Å². The highest BCUT2D eigenvalue weighted by molar-refractivity contribution is 8.00. The molecule has 1 N–H and O–H groups in total. The van der Waals surface area contributed by atoms with E-state index in [0.717, 1.165) is 24.2 Å². The predicted molar refractivity (Wildman–Crippen MR) is 67.1 cm³/mol. The third-order valence-corrected chi connectivity index (χ3v) is 3.85. The number of pyridine rings is 1. The zero-order chi connectivity index (χ0) is 13.1. The normalized spacial score (nSPS) is 10.7. The molecule has 0 aliphatic carbocycles. The first kappa shape index (κ1) is 13.2. The fourth-order valence-electron chi connectivity index (χ4n) is 1.20. The van der Waals surface area contributed by atoms with Crippen LogP contribution in [-0.4, -0.2) is 21.4 Å². The molecule has 96 valence electrons. The van der Waals surface area contributed by atoms with Crippen molar-refractivity contribution in [2.45, 2.75) is 22.7 Å². The Morgan fingerprint density at radius 2 is 2.11 bits per heavy atom. The molecule has 0 saturated carbocycles. The van der Waals surface area contributed by atoms with Crippen molar-refractivity contribution in [1.29, 1.82) is 0 Å². The van der Waals surface area contributed by atoms with Crippen molar-refractivity contribution in [2.75, 3.05) is 12.4 Å².